The van der Waals surface area contributed by atoms with E-state index in [1.165, 1.54) is 18.2 Å². The summed E-state index contributed by atoms with van der Waals surface area (Å²) >= 11 is 1.11. The molecule has 3 N–H and O–H groups in total. The number of anilines is 2. The van der Waals surface area contributed by atoms with Gasteiger partial charge in [-0.15, -0.1) is 11.3 Å². The van der Waals surface area contributed by atoms with Crippen LogP contribution in [0, 0.1) is 0 Å². The van der Waals surface area contributed by atoms with Crippen LogP contribution in [0.4, 0.5) is 10.8 Å². The van der Waals surface area contributed by atoms with E-state index in [0.717, 1.165) is 11.3 Å². The predicted octanol–water partition coefficient (Wildman–Crippen LogP) is 2.76. The van der Waals surface area contributed by atoms with Gasteiger partial charge in [0.1, 0.15) is 5.75 Å². The van der Waals surface area contributed by atoms with Crippen molar-refractivity contribution in [1.29, 1.82) is 0 Å². The fourth-order valence-electron chi connectivity index (χ4n) is 3.09. The molecular formula is C19H14N4O6S2. The van der Waals surface area contributed by atoms with E-state index in [9.17, 15) is 18.0 Å². The molecule has 158 valence electrons. The lowest BCUT2D eigenvalue weighted by Gasteiger charge is -2.23. The first-order chi connectivity index (χ1) is 14.8. The number of hydrogen-bond donors (Lipinski definition) is 3. The summed E-state index contributed by atoms with van der Waals surface area (Å²) in [5.74, 6) is -0.353. The maximum absolute atomic E-state index is 12.7. The molecule has 1 aliphatic heterocycles. The number of ether oxygens (including phenoxy) is 1. The Morgan fingerprint density at radius 3 is 2.84 bits per heavy atom. The van der Waals surface area contributed by atoms with Crippen LogP contribution in [0.2, 0.25) is 0 Å². The van der Waals surface area contributed by atoms with E-state index >= 15 is 0 Å². The van der Waals surface area contributed by atoms with Crippen molar-refractivity contribution < 1.29 is 22.4 Å². The normalized spacial score (nSPS) is 15.9. The number of rotatable bonds is 4. The monoisotopic (exact) mass is 458 g/mol. The molecule has 2 aromatic carbocycles. The Balaban J connectivity index is 1.41. The molecule has 5 rings (SSSR count). The molecule has 0 aliphatic carbocycles. The molecule has 4 aromatic rings. The highest BCUT2D eigenvalue weighted by molar-refractivity contribution is 7.93. The number of fused-ring (bicyclic) bond motifs is 2. The number of hydrogen-bond acceptors (Lipinski definition) is 8. The van der Waals surface area contributed by atoms with Gasteiger partial charge in [0, 0.05) is 17.0 Å². The number of aromatic nitrogens is 2. The molecule has 0 spiro atoms. The number of nitrogens with one attached hydrogen (secondary N) is 3. The van der Waals surface area contributed by atoms with E-state index < -0.39 is 21.9 Å². The van der Waals surface area contributed by atoms with Crippen molar-refractivity contribution in [3.05, 3.63) is 52.3 Å². The van der Waals surface area contributed by atoms with Gasteiger partial charge in [-0.1, -0.05) is 0 Å². The molecule has 0 fully saturated rings. The van der Waals surface area contributed by atoms with Crippen LogP contribution >= 0.6 is 11.3 Å². The first-order valence-corrected chi connectivity index (χ1v) is 11.4. The van der Waals surface area contributed by atoms with Crippen LogP contribution in [-0.2, 0) is 14.8 Å². The van der Waals surface area contributed by atoms with Gasteiger partial charge in [-0.25, -0.2) is 18.2 Å². The first-order valence-electron chi connectivity index (χ1n) is 9.02. The molecule has 0 radical (unpaired) electrons. The number of H-pyrrole nitrogens is 1. The number of nitrogens with zero attached hydrogens (tertiary/aromatic N) is 1. The lowest BCUT2D eigenvalue weighted by molar-refractivity contribution is -0.122. The van der Waals surface area contributed by atoms with E-state index in [4.69, 9.17) is 9.15 Å². The standard InChI is InChI=1S/C19H14N4O6S2/c1-9-17(24)20-13-6-10(2-5-15(13)28-9)14-8-30-18(21-14)23-31(26,27)11-3-4-12-16(7-11)29-19(25)22-12/h2-9H,1H3,(H,20,24)(H,21,23)(H,22,25). The summed E-state index contributed by atoms with van der Waals surface area (Å²) in [6, 6.07) is 9.29. The topological polar surface area (TPSA) is 143 Å². The third-order valence-corrected chi connectivity index (χ3v) is 6.86. The van der Waals surface area contributed by atoms with Gasteiger partial charge in [-0.2, -0.15) is 0 Å². The SMILES string of the molecule is CC1Oc2ccc(-c3csc(NS(=O)(=O)c4ccc5[nH]c(=O)oc5c4)n3)cc2NC1=O. The van der Waals surface area contributed by atoms with Gasteiger partial charge in [-0.3, -0.25) is 14.5 Å². The first kappa shape index (κ1) is 19.3. The second kappa shape index (κ2) is 6.96. The average molecular weight is 458 g/mol. The molecule has 12 heteroatoms. The Morgan fingerprint density at radius 1 is 1.16 bits per heavy atom. The summed E-state index contributed by atoms with van der Waals surface area (Å²) in [7, 11) is -3.95. The van der Waals surface area contributed by atoms with Gasteiger partial charge >= 0.3 is 5.76 Å². The number of carbonyl (C=O) groups is 1. The summed E-state index contributed by atoms with van der Waals surface area (Å²) < 4.78 is 38.3. The number of aromatic amines is 1. The molecule has 0 saturated heterocycles. The second-order valence-corrected chi connectivity index (χ2v) is 9.32. The van der Waals surface area contributed by atoms with E-state index in [1.807, 2.05) is 0 Å². The van der Waals surface area contributed by atoms with Crippen molar-refractivity contribution in [2.45, 2.75) is 17.9 Å². The molecular weight excluding hydrogens is 444 g/mol. The number of carbonyl (C=O) groups excluding carboxylic acids is 1. The molecule has 10 nitrogen and oxygen atoms in total. The van der Waals surface area contributed by atoms with E-state index in [2.05, 4.69) is 20.0 Å². The summed E-state index contributed by atoms with van der Waals surface area (Å²) in [6.45, 7) is 1.66. The third kappa shape index (κ3) is 3.55. The molecule has 3 heterocycles. The zero-order chi connectivity index (χ0) is 21.8. The second-order valence-electron chi connectivity index (χ2n) is 6.78. The Morgan fingerprint density at radius 2 is 2.00 bits per heavy atom. The molecule has 1 amide bonds. The number of sulfonamides is 1. The van der Waals surface area contributed by atoms with Crippen molar-refractivity contribution >= 4 is 49.2 Å². The van der Waals surface area contributed by atoms with Crippen molar-refractivity contribution in [2.24, 2.45) is 0 Å². The minimum Gasteiger partial charge on any atom is -0.479 e. The predicted molar refractivity (Wildman–Crippen MR) is 114 cm³/mol. The van der Waals surface area contributed by atoms with E-state index in [1.54, 1.807) is 30.5 Å². The molecule has 1 unspecified atom stereocenters. The van der Waals surface area contributed by atoms with Crippen LogP contribution in [0.5, 0.6) is 5.75 Å². The average Bonchev–Trinajstić information content (AvgIpc) is 3.33. The fourth-order valence-corrected chi connectivity index (χ4v) is 5.08. The summed E-state index contributed by atoms with van der Waals surface area (Å²) in [6.07, 6.45) is -0.572. The maximum atomic E-state index is 12.7. The Bertz CT molecular complexity index is 1500. The van der Waals surface area contributed by atoms with Crippen LogP contribution in [0.15, 0.2) is 55.9 Å². The molecule has 0 bridgehead atoms. The fraction of sp³-hybridized carbons (Fsp3) is 0.105. The molecule has 1 atom stereocenters. The number of amides is 1. The van der Waals surface area contributed by atoms with Crippen LogP contribution in [0.25, 0.3) is 22.4 Å². The quantitative estimate of drug-likeness (QED) is 0.427. The minimum absolute atomic E-state index is 0.0674. The van der Waals surface area contributed by atoms with Crippen molar-refractivity contribution in [1.82, 2.24) is 9.97 Å². The maximum Gasteiger partial charge on any atom is 0.417 e. The van der Waals surface area contributed by atoms with Crippen LogP contribution in [-0.4, -0.2) is 30.4 Å². The van der Waals surface area contributed by atoms with Crippen molar-refractivity contribution in [3.8, 4) is 17.0 Å². The summed E-state index contributed by atoms with van der Waals surface area (Å²) in [4.78, 5) is 29.8. The highest BCUT2D eigenvalue weighted by atomic mass is 32.2. The van der Waals surface area contributed by atoms with E-state index in [0.29, 0.717) is 28.2 Å². The van der Waals surface area contributed by atoms with Gasteiger partial charge < -0.3 is 14.5 Å². The van der Waals surface area contributed by atoms with Gasteiger partial charge in [-0.05, 0) is 37.3 Å². The Labute approximate surface area is 178 Å². The van der Waals surface area contributed by atoms with Crippen LogP contribution in [0.1, 0.15) is 6.92 Å². The number of benzene rings is 2. The Hall–Kier alpha value is -3.64. The summed E-state index contributed by atoms with van der Waals surface area (Å²) in [5, 5.41) is 4.63. The smallest absolute Gasteiger partial charge is 0.417 e. The molecule has 1 aliphatic rings. The highest BCUT2D eigenvalue weighted by Gasteiger charge is 2.24. The summed E-state index contributed by atoms with van der Waals surface area (Å²) in [5.41, 5.74) is 2.29. The zero-order valence-electron chi connectivity index (χ0n) is 15.8. The Kier molecular flexibility index (Phi) is 4.34. The van der Waals surface area contributed by atoms with Crippen molar-refractivity contribution in [3.63, 3.8) is 0 Å². The largest absolute Gasteiger partial charge is 0.479 e. The van der Waals surface area contributed by atoms with Gasteiger partial charge in [0.05, 0.1) is 21.8 Å². The number of thiazole rings is 1. The molecule has 0 saturated carbocycles. The number of oxazole rings is 1. The van der Waals surface area contributed by atoms with Crippen LogP contribution in [0.3, 0.4) is 0 Å². The van der Waals surface area contributed by atoms with Crippen LogP contribution < -0.4 is 20.5 Å². The zero-order valence-corrected chi connectivity index (χ0v) is 17.5. The third-order valence-electron chi connectivity index (χ3n) is 4.63. The molecule has 31 heavy (non-hydrogen) atoms. The van der Waals surface area contributed by atoms with E-state index in [-0.39, 0.29) is 21.5 Å². The lowest BCUT2D eigenvalue weighted by atomic mass is 10.1. The molecule has 2 aromatic heterocycles. The van der Waals surface area contributed by atoms with Gasteiger partial charge in [0.25, 0.3) is 15.9 Å². The van der Waals surface area contributed by atoms with Gasteiger partial charge in [0.15, 0.2) is 16.8 Å². The van der Waals surface area contributed by atoms with Crippen molar-refractivity contribution in [2.75, 3.05) is 10.0 Å². The minimum atomic E-state index is -3.95. The van der Waals surface area contributed by atoms with Gasteiger partial charge in [0.2, 0.25) is 0 Å². The highest BCUT2D eigenvalue weighted by Crippen LogP contribution is 2.35. The lowest BCUT2D eigenvalue weighted by Crippen LogP contribution is -2.34.